The van der Waals surface area contributed by atoms with Crippen molar-refractivity contribution in [2.75, 3.05) is 31.2 Å². The van der Waals surface area contributed by atoms with E-state index in [-0.39, 0.29) is 45.8 Å². The van der Waals surface area contributed by atoms with E-state index in [0.717, 1.165) is 31.2 Å². The van der Waals surface area contributed by atoms with Crippen LogP contribution in [0.5, 0.6) is 11.5 Å². The quantitative estimate of drug-likeness (QED) is 0.176. The maximum atomic E-state index is 12.5. The zero-order valence-corrected chi connectivity index (χ0v) is 22.4. The molecule has 1 amide bonds. The Morgan fingerprint density at radius 3 is 2.03 bits per heavy atom. The molecule has 0 saturated carbocycles. The van der Waals surface area contributed by atoms with Crippen LogP contribution in [0.4, 0.5) is 5.69 Å². The van der Waals surface area contributed by atoms with Gasteiger partial charge >= 0.3 is 0 Å². The number of benzene rings is 2. The number of hydrogen-bond acceptors (Lipinski definition) is 8. The van der Waals surface area contributed by atoms with Gasteiger partial charge in [0.25, 0.3) is 5.91 Å². The van der Waals surface area contributed by atoms with Crippen LogP contribution in [0, 0.1) is 10.8 Å². The van der Waals surface area contributed by atoms with Gasteiger partial charge in [0.1, 0.15) is 17.3 Å². The molecular formula is C25H39N5O6S. The highest BCUT2D eigenvalue weighted by atomic mass is 32.1. The van der Waals surface area contributed by atoms with Crippen LogP contribution in [0.1, 0.15) is 44.7 Å². The first-order valence-corrected chi connectivity index (χ1v) is 11.9. The minimum Gasteiger partial charge on any atom is -0.508 e. The zero-order valence-electron chi connectivity index (χ0n) is 21.6. The van der Waals surface area contributed by atoms with Crippen LogP contribution < -0.4 is 15.5 Å². The van der Waals surface area contributed by atoms with E-state index in [0.29, 0.717) is 16.1 Å². The summed E-state index contributed by atoms with van der Waals surface area (Å²) in [4.78, 5) is 14.3. The first-order chi connectivity index (χ1) is 16.5. The number of amides is 1. The fourth-order valence-electron chi connectivity index (χ4n) is 3.29. The molecule has 0 aromatic heterocycles. The molecule has 37 heavy (non-hydrogen) atoms. The highest BCUT2D eigenvalue weighted by molar-refractivity contribution is 7.80. The summed E-state index contributed by atoms with van der Waals surface area (Å²) < 4.78 is 5.01. The largest absolute Gasteiger partial charge is 0.508 e. The molecule has 10 N–H and O–H groups in total. The number of aromatic hydroxyl groups is 2. The monoisotopic (exact) mass is 537 g/mol. The van der Waals surface area contributed by atoms with Crippen LogP contribution in [-0.4, -0.2) is 71.1 Å². The fraction of sp³-hybridized carbons (Fsp3) is 0.400. The van der Waals surface area contributed by atoms with E-state index in [2.05, 4.69) is 23.3 Å². The number of ether oxygens (including phenoxy) is 1. The third kappa shape index (κ3) is 9.67. The van der Waals surface area contributed by atoms with E-state index in [1.54, 1.807) is 38.1 Å². The summed E-state index contributed by atoms with van der Waals surface area (Å²) in [6.07, 6.45) is 0. The SMILES string of the molecule is C1COCCN1.CC(C)NC(=O)C(=N)N(C(=N)c1cc(C(C)C)c(O)cc1O)c1ccc(S)cc1.O.O. The number of nitrogens with one attached hydrogen (secondary N) is 4. The molecule has 2 aromatic carbocycles. The minimum atomic E-state index is -0.651. The predicted molar refractivity (Wildman–Crippen MR) is 149 cm³/mol. The second-order valence-corrected chi connectivity index (χ2v) is 9.14. The molecule has 0 bridgehead atoms. The van der Waals surface area contributed by atoms with Gasteiger partial charge in [-0.25, -0.2) is 0 Å². The number of nitrogens with zero attached hydrogens (tertiary/aromatic N) is 1. The molecule has 12 heteroatoms. The Morgan fingerprint density at radius 1 is 1.03 bits per heavy atom. The summed E-state index contributed by atoms with van der Waals surface area (Å²) in [6, 6.07) is 9.12. The van der Waals surface area contributed by atoms with Crippen molar-refractivity contribution in [3.8, 4) is 11.5 Å². The molecule has 1 aliphatic rings. The standard InChI is InChI=1S/C21H26N4O3S.C4H9NO.2H2O/c1-11(2)15-9-16(18(27)10-17(15)26)19(22)25(13-5-7-14(29)8-6-13)20(23)21(28)24-12(3)4;1-3-6-4-2-5-1;;/h5-12,22-23,26-27,29H,1-4H3,(H,24,28);5H,1-4H2;2*1H2. The number of hydrogen-bond donors (Lipinski definition) is 7. The molecule has 1 aliphatic heterocycles. The molecule has 1 saturated heterocycles. The maximum Gasteiger partial charge on any atom is 0.287 e. The molecule has 0 radical (unpaired) electrons. The summed E-state index contributed by atoms with van der Waals surface area (Å²) in [6.45, 7) is 11.1. The minimum absolute atomic E-state index is 0. The Labute approximate surface area is 222 Å². The van der Waals surface area contributed by atoms with E-state index in [4.69, 9.17) is 15.6 Å². The number of phenolic OH excluding ortho intramolecular Hbond substituents is 2. The molecule has 0 atom stereocenters. The van der Waals surface area contributed by atoms with E-state index < -0.39 is 11.7 Å². The number of thiol groups is 1. The molecule has 0 spiro atoms. The Hall–Kier alpha value is -3.16. The normalized spacial score (nSPS) is 12.4. The predicted octanol–water partition coefficient (Wildman–Crippen LogP) is 1.80. The van der Waals surface area contributed by atoms with Crippen LogP contribution in [0.15, 0.2) is 41.3 Å². The van der Waals surface area contributed by atoms with Crippen LogP contribution >= 0.6 is 12.6 Å². The molecule has 0 aliphatic carbocycles. The third-order valence-corrected chi connectivity index (χ3v) is 5.36. The zero-order chi connectivity index (χ0) is 26.1. The topological polar surface area (TPSA) is 205 Å². The average molecular weight is 538 g/mol. The van der Waals surface area contributed by atoms with Gasteiger partial charge in [-0.1, -0.05) is 13.8 Å². The van der Waals surface area contributed by atoms with E-state index >= 15 is 0 Å². The Balaban J connectivity index is 0.00000142. The Bertz CT molecular complexity index is 1030. The van der Waals surface area contributed by atoms with Gasteiger partial charge < -0.3 is 36.5 Å². The van der Waals surface area contributed by atoms with Gasteiger partial charge in [0, 0.05) is 35.8 Å². The Morgan fingerprint density at radius 2 is 1.59 bits per heavy atom. The number of anilines is 1. The molecule has 3 rings (SSSR count). The lowest BCUT2D eigenvalue weighted by atomic mass is 9.98. The van der Waals surface area contributed by atoms with E-state index in [9.17, 15) is 15.0 Å². The molecule has 0 unspecified atom stereocenters. The lowest BCUT2D eigenvalue weighted by Gasteiger charge is -2.26. The fourth-order valence-corrected chi connectivity index (χ4v) is 3.44. The average Bonchev–Trinajstić information content (AvgIpc) is 2.81. The molecule has 2 aromatic rings. The summed E-state index contributed by atoms with van der Waals surface area (Å²) in [7, 11) is 0. The van der Waals surface area contributed by atoms with Crippen molar-refractivity contribution in [3.63, 3.8) is 0 Å². The van der Waals surface area contributed by atoms with Crippen molar-refractivity contribution < 1.29 is 30.7 Å². The lowest BCUT2D eigenvalue weighted by Crippen LogP contribution is -2.47. The van der Waals surface area contributed by atoms with Gasteiger partial charge in [-0.3, -0.25) is 20.5 Å². The molecule has 11 nitrogen and oxygen atoms in total. The van der Waals surface area contributed by atoms with E-state index in [1.165, 1.54) is 12.1 Å². The summed E-state index contributed by atoms with van der Waals surface area (Å²) >= 11 is 4.25. The van der Waals surface area contributed by atoms with Crippen molar-refractivity contribution in [3.05, 3.63) is 47.5 Å². The van der Waals surface area contributed by atoms with Crippen LogP contribution in [0.25, 0.3) is 0 Å². The summed E-state index contributed by atoms with van der Waals surface area (Å²) in [5, 5.41) is 43.3. The van der Waals surface area contributed by atoms with Gasteiger partial charge in [0.05, 0.1) is 18.8 Å². The van der Waals surface area contributed by atoms with Gasteiger partial charge in [0.15, 0.2) is 5.84 Å². The number of amidine groups is 2. The van der Waals surface area contributed by atoms with Crippen LogP contribution in [-0.2, 0) is 9.53 Å². The first-order valence-electron chi connectivity index (χ1n) is 11.4. The second kappa shape index (κ2) is 15.8. The highest BCUT2D eigenvalue weighted by Crippen LogP contribution is 2.33. The van der Waals surface area contributed by atoms with Crippen molar-refractivity contribution in [2.45, 2.75) is 44.6 Å². The number of carbonyl (C=O) groups excluding carboxylic acids is 1. The van der Waals surface area contributed by atoms with Crippen molar-refractivity contribution in [1.29, 1.82) is 10.8 Å². The van der Waals surface area contributed by atoms with Crippen molar-refractivity contribution in [1.82, 2.24) is 10.6 Å². The van der Waals surface area contributed by atoms with Crippen LogP contribution in [0.3, 0.4) is 0 Å². The van der Waals surface area contributed by atoms with Crippen LogP contribution in [0.2, 0.25) is 0 Å². The van der Waals surface area contributed by atoms with Gasteiger partial charge in [-0.05, 0) is 55.7 Å². The lowest BCUT2D eigenvalue weighted by molar-refractivity contribution is -0.115. The van der Waals surface area contributed by atoms with E-state index in [1.807, 2.05) is 13.8 Å². The maximum absolute atomic E-state index is 12.5. The number of carbonyl (C=O) groups is 1. The van der Waals surface area contributed by atoms with Crippen molar-refractivity contribution in [2.24, 2.45) is 0 Å². The third-order valence-electron chi connectivity index (χ3n) is 5.06. The van der Waals surface area contributed by atoms with Crippen molar-refractivity contribution >= 4 is 35.9 Å². The molecule has 206 valence electrons. The number of morpholine rings is 1. The second-order valence-electron chi connectivity index (χ2n) is 8.62. The van der Waals surface area contributed by atoms with Gasteiger partial charge in [0.2, 0.25) is 0 Å². The number of rotatable bonds is 4. The molecular weight excluding hydrogens is 498 g/mol. The summed E-state index contributed by atoms with van der Waals surface area (Å²) in [5.74, 6) is -1.82. The Kier molecular flexibility index (Phi) is 14.5. The number of phenols is 2. The summed E-state index contributed by atoms with van der Waals surface area (Å²) in [5.41, 5.74) is 1.05. The smallest absolute Gasteiger partial charge is 0.287 e. The molecule has 1 heterocycles. The highest BCUT2D eigenvalue weighted by Gasteiger charge is 2.27. The first kappa shape index (κ1) is 33.8. The van der Waals surface area contributed by atoms with Gasteiger partial charge in [-0.15, -0.1) is 12.6 Å². The van der Waals surface area contributed by atoms with Gasteiger partial charge in [-0.2, -0.15) is 0 Å². The molecule has 1 fully saturated rings.